The summed E-state index contributed by atoms with van der Waals surface area (Å²) in [5.41, 5.74) is 0. The average Bonchev–Trinajstić information content (AvgIpc) is 2.82. The monoisotopic (exact) mass is 227 g/mol. The number of rotatable bonds is 5. The van der Waals surface area contributed by atoms with Crippen molar-refractivity contribution in [1.29, 1.82) is 0 Å². The van der Waals surface area contributed by atoms with E-state index in [2.05, 4.69) is 12.4 Å². The van der Waals surface area contributed by atoms with E-state index in [0.717, 1.165) is 25.6 Å². The minimum atomic E-state index is 0.0426. The molecule has 1 heterocycles. The fraction of sp³-hybridized carbons (Fsp3) is 1.00. The molecule has 1 saturated carbocycles. The van der Waals surface area contributed by atoms with Gasteiger partial charge in [0, 0.05) is 12.5 Å². The highest BCUT2D eigenvalue weighted by molar-refractivity contribution is 4.75. The summed E-state index contributed by atoms with van der Waals surface area (Å²) in [6.45, 7) is 1.54. The van der Waals surface area contributed by atoms with Gasteiger partial charge in [0.05, 0.1) is 13.2 Å². The Morgan fingerprint density at radius 2 is 1.75 bits per heavy atom. The molecule has 3 heteroatoms. The second-order valence-electron chi connectivity index (χ2n) is 5.13. The van der Waals surface area contributed by atoms with Crippen LogP contribution in [0.1, 0.15) is 44.9 Å². The lowest BCUT2D eigenvalue weighted by Crippen LogP contribution is -2.32. The van der Waals surface area contributed by atoms with Crippen molar-refractivity contribution in [2.45, 2.75) is 57.3 Å². The Morgan fingerprint density at radius 3 is 2.38 bits per heavy atom. The molecule has 0 aromatic carbocycles. The highest BCUT2D eigenvalue weighted by Crippen LogP contribution is 2.28. The van der Waals surface area contributed by atoms with Crippen LogP contribution in [-0.4, -0.2) is 32.6 Å². The zero-order valence-corrected chi connectivity index (χ0v) is 10.4. The maximum atomic E-state index is 5.51. The van der Waals surface area contributed by atoms with Gasteiger partial charge in [-0.25, -0.2) is 0 Å². The molecular formula is C13H25NO2. The van der Waals surface area contributed by atoms with Crippen LogP contribution in [0.15, 0.2) is 0 Å². The molecule has 1 N–H and O–H groups in total. The van der Waals surface area contributed by atoms with Gasteiger partial charge in [0.15, 0.2) is 6.29 Å². The molecule has 0 radical (unpaired) electrons. The molecule has 0 aromatic heterocycles. The predicted octanol–water partition coefficient (Wildman–Crippen LogP) is 2.31. The number of ether oxygens (including phenoxy) is 2. The number of hydrogen-bond donors (Lipinski definition) is 1. The zero-order valence-electron chi connectivity index (χ0n) is 10.4. The van der Waals surface area contributed by atoms with E-state index in [4.69, 9.17) is 9.47 Å². The zero-order chi connectivity index (χ0) is 11.2. The standard InChI is InChI=1S/C13H25NO2/c1-14-12(10-13-15-7-8-16-13)9-11-5-3-2-4-6-11/h11-14H,2-10H2,1H3. The van der Waals surface area contributed by atoms with Gasteiger partial charge in [0.25, 0.3) is 0 Å². The molecule has 1 unspecified atom stereocenters. The Kier molecular flexibility index (Phi) is 5.07. The molecule has 3 nitrogen and oxygen atoms in total. The van der Waals surface area contributed by atoms with Crippen LogP contribution in [0.25, 0.3) is 0 Å². The summed E-state index contributed by atoms with van der Waals surface area (Å²) in [4.78, 5) is 0. The third-order valence-electron chi connectivity index (χ3n) is 3.92. The fourth-order valence-electron chi connectivity index (χ4n) is 2.93. The molecule has 1 saturated heterocycles. The molecule has 0 amide bonds. The van der Waals surface area contributed by atoms with Gasteiger partial charge >= 0.3 is 0 Å². The fourth-order valence-corrected chi connectivity index (χ4v) is 2.93. The van der Waals surface area contributed by atoms with E-state index in [1.165, 1.54) is 38.5 Å². The smallest absolute Gasteiger partial charge is 0.159 e. The second kappa shape index (κ2) is 6.58. The van der Waals surface area contributed by atoms with Crippen LogP contribution in [0.3, 0.4) is 0 Å². The van der Waals surface area contributed by atoms with Gasteiger partial charge in [-0.15, -0.1) is 0 Å². The molecule has 2 rings (SSSR count). The van der Waals surface area contributed by atoms with Gasteiger partial charge in [-0.05, 0) is 19.4 Å². The van der Waals surface area contributed by atoms with Crippen molar-refractivity contribution in [2.24, 2.45) is 5.92 Å². The summed E-state index contributed by atoms with van der Waals surface area (Å²) >= 11 is 0. The summed E-state index contributed by atoms with van der Waals surface area (Å²) in [7, 11) is 2.06. The first-order valence-electron chi connectivity index (χ1n) is 6.79. The first-order valence-corrected chi connectivity index (χ1v) is 6.79. The largest absolute Gasteiger partial charge is 0.350 e. The van der Waals surface area contributed by atoms with E-state index in [-0.39, 0.29) is 6.29 Å². The van der Waals surface area contributed by atoms with E-state index in [1.807, 2.05) is 0 Å². The molecule has 2 fully saturated rings. The molecule has 0 bridgehead atoms. The SMILES string of the molecule is CNC(CC1CCCCC1)CC1OCCO1. The van der Waals surface area contributed by atoms with Gasteiger partial charge in [0.2, 0.25) is 0 Å². The van der Waals surface area contributed by atoms with Crippen LogP contribution in [0.5, 0.6) is 0 Å². The topological polar surface area (TPSA) is 30.5 Å². The van der Waals surface area contributed by atoms with Crippen LogP contribution in [0, 0.1) is 5.92 Å². The van der Waals surface area contributed by atoms with E-state index in [9.17, 15) is 0 Å². The first kappa shape index (κ1) is 12.3. The molecule has 94 valence electrons. The Morgan fingerprint density at radius 1 is 1.06 bits per heavy atom. The van der Waals surface area contributed by atoms with E-state index in [0.29, 0.717) is 6.04 Å². The lowest BCUT2D eigenvalue weighted by molar-refractivity contribution is -0.0538. The lowest BCUT2D eigenvalue weighted by Gasteiger charge is -2.27. The predicted molar refractivity (Wildman–Crippen MR) is 64.3 cm³/mol. The summed E-state index contributed by atoms with van der Waals surface area (Å²) in [6, 6.07) is 0.561. The maximum Gasteiger partial charge on any atom is 0.159 e. The molecular weight excluding hydrogens is 202 g/mol. The minimum Gasteiger partial charge on any atom is -0.350 e. The van der Waals surface area contributed by atoms with E-state index >= 15 is 0 Å². The Balaban J connectivity index is 1.70. The number of nitrogens with one attached hydrogen (secondary N) is 1. The van der Waals surface area contributed by atoms with Crippen molar-refractivity contribution in [3.8, 4) is 0 Å². The van der Waals surface area contributed by atoms with E-state index < -0.39 is 0 Å². The van der Waals surface area contributed by atoms with Crippen molar-refractivity contribution in [3.63, 3.8) is 0 Å². The maximum absolute atomic E-state index is 5.51. The average molecular weight is 227 g/mol. The molecule has 0 aromatic rings. The highest BCUT2D eigenvalue weighted by atomic mass is 16.7. The molecule has 1 atom stereocenters. The molecule has 16 heavy (non-hydrogen) atoms. The van der Waals surface area contributed by atoms with Crippen molar-refractivity contribution in [1.82, 2.24) is 5.32 Å². The summed E-state index contributed by atoms with van der Waals surface area (Å²) in [6.07, 6.45) is 9.48. The lowest BCUT2D eigenvalue weighted by atomic mass is 9.84. The van der Waals surface area contributed by atoms with Gasteiger partial charge in [0.1, 0.15) is 0 Å². The number of hydrogen-bond acceptors (Lipinski definition) is 3. The van der Waals surface area contributed by atoms with Crippen LogP contribution in [-0.2, 0) is 9.47 Å². The van der Waals surface area contributed by atoms with Crippen molar-refractivity contribution < 1.29 is 9.47 Å². The van der Waals surface area contributed by atoms with Gasteiger partial charge in [-0.3, -0.25) is 0 Å². The van der Waals surface area contributed by atoms with Crippen molar-refractivity contribution in [2.75, 3.05) is 20.3 Å². The molecule has 2 aliphatic rings. The van der Waals surface area contributed by atoms with Crippen LogP contribution in [0.4, 0.5) is 0 Å². The van der Waals surface area contributed by atoms with Gasteiger partial charge < -0.3 is 14.8 Å². The molecule has 0 spiro atoms. The van der Waals surface area contributed by atoms with Crippen LogP contribution < -0.4 is 5.32 Å². The third-order valence-corrected chi connectivity index (χ3v) is 3.92. The third kappa shape index (κ3) is 3.72. The Bertz CT molecular complexity index is 186. The van der Waals surface area contributed by atoms with Crippen molar-refractivity contribution >= 4 is 0 Å². The van der Waals surface area contributed by atoms with Gasteiger partial charge in [-0.2, -0.15) is 0 Å². The highest BCUT2D eigenvalue weighted by Gasteiger charge is 2.23. The molecule has 1 aliphatic heterocycles. The summed E-state index contributed by atoms with van der Waals surface area (Å²) in [5.74, 6) is 0.924. The van der Waals surface area contributed by atoms with Crippen molar-refractivity contribution in [3.05, 3.63) is 0 Å². The van der Waals surface area contributed by atoms with Crippen LogP contribution in [0.2, 0.25) is 0 Å². The van der Waals surface area contributed by atoms with Gasteiger partial charge in [-0.1, -0.05) is 32.1 Å². The Labute approximate surface area is 98.9 Å². The quantitative estimate of drug-likeness (QED) is 0.782. The summed E-state index contributed by atoms with van der Waals surface area (Å²) < 4.78 is 11.0. The van der Waals surface area contributed by atoms with E-state index in [1.54, 1.807) is 0 Å². The Hall–Kier alpha value is -0.120. The second-order valence-corrected chi connectivity index (χ2v) is 5.13. The normalized spacial score (nSPS) is 26.1. The minimum absolute atomic E-state index is 0.0426. The van der Waals surface area contributed by atoms with Crippen LogP contribution >= 0.6 is 0 Å². The molecule has 1 aliphatic carbocycles. The summed E-state index contributed by atoms with van der Waals surface area (Å²) in [5, 5.41) is 3.42. The first-order chi connectivity index (χ1) is 7.88.